The van der Waals surface area contributed by atoms with Crippen LogP contribution in [0.3, 0.4) is 0 Å². The zero-order valence-electron chi connectivity index (χ0n) is 13.1. The van der Waals surface area contributed by atoms with Crippen molar-refractivity contribution in [1.82, 2.24) is 14.6 Å². The third-order valence-electron chi connectivity index (χ3n) is 4.21. The quantitative estimate of drug-likeness (QED) is 0.426. The molecule has 3 aromatic heterocycles. The van der Waals surface area contributed by atoms with Gasteiger partial charge < -0.3 is 4.42 Å². The van der Waals surface area contributed by atoms with Crippen LogP contribution in [-0.2, 0) is 0 Å². The van der Waals surface area contributed by atoms with Gasteiger partial charge in [-0.25, -0.2) is 9.50 Å². The van der Waals surface area contributed by atoms with Crippen molar-refractivity contribution in [1.29, 1.82) is 0 Å². The number of imidazole rings is 1. The topological polar surface area (TPSA) is 43.3 Å². The number of hydrogen-bond donors (Lipinski definition) is 0. The molecule has 5 rings (SSSR count). The number of aromatic nitrogens is 3. The van der Waals surface area contributed by atoms with Crippen molar-refractivity contribution >= 4 is 28.2 Å². The number of benzene rings is 2. The van der Waals surface area contributed by atoms with Gasteiger partial charge in [-0.3, -0.25) is 0 Å². The first-order valence-corrected chi connectivity index (χ1v) is 8.26. The van der Waals surface area contributed by atoms with E-state index in [9.17, 15) is 0 Å². The minimum absolute atomic E-state index is 0.425. The minimum atomic E-state index is 0.425. The SMILES string of the molecule is Clc1nn2c(-c3cc4ccccc4o3)cnc2cc1-c1ccccc1. The van der Waals surface area contributed by atoms with Gasteiger partial charge in [-0.2, -0.15) is 5.10 Å². The molecule has 0 unspecified atom stereocenters. The molecule has 0 N–H and O–H groups in total. The van der Waals surface area contributed by atoms with Crippen molar-refractivity contribution in [3.8, 4) is 22.6 Å². The van der Waals surface area contributed by atoms with Gasteiger partial charge in [0, 0.05) is 10.9 Å². The Kier molecular flexibility index (Phi) is 3.11. The zero-order chi connectivity index (χ0) is 16.8. The summed E-state index contributed by atoms with van der Waals surface area (Å²) >= 11 is 6.44. The molecule has 5 aromatic rings. The lowest BCUT2D eigenvalue weighted by molar-refractivity contribution is 0.625. The second kappa shape index (κ2) is 5.46. The first-order valence-electron chi connectivity index (χ1n) is 7.88. The van der Waals surface area contributed by atoms with Gasteiger partial charge in [-0.15, -0.1) is 0 Å². The van der Waals surface area contributed by atoms with E-state index < -0.39 is 0 Å². The Morgan fingerprint density at radius 1 is 0.920 bits per heavy atom. The lowest BCUT2D eigenvalue weighted by Gasteiger charge is -2.05. The van der Waals surface area contributed by atoms with Crippen LogP contribution in [0.25, 0.3) is 39.2 Å². The van der Waals surface area contributed by atoms with E-state index in [0.29, 0.717) is 10.9 Å². The molecule has 0 aliphatic rings. The highest BCUT2D eigenvalue weighted by molar-refractivity contribution is 6.32. The van der Waals surface area contributed by atoms with Crippen molar-refractivity contribution < 1.29 is 4.42 Å². The molecule has 0 fully saturated rings. The van der Waals surface area contributed by atoms with Crippen LogP contribution in [-0.4, -0.2) is 14.6 Å². The highest BCUT2D eigenvalue weighted by Gasteiger charge is 2.15. The first-order chi connectivity index (χ1) is 12.3. The maximum Gasteiger partial charge on any atom is 0.157 e. The number of nitrogens with zero attached hydrogens (tertiary/aromatic N) is 3. The third-order valence-corrected chi connectivity index (χ3v) is 4.49. The number of halogens is 1. The van der Waals surface area contributed by atoms with E-state index in [0.717, 1.165) is 33.4 Å². The van der Waals surface area contributed by atoms with Crippen molar-refractivity contribution in [2.24, 2.45) is 0 Å². The summed E-state index contributed by atoms with van der Waals surface area (Å²) in [5.74, 6) is 0.713. The zero-order valence-corrected chi connectivity index (χ0v) is 13.8. The molecular formula is C20H12ClN3O. The second-order valence-electron chi connectivity index (χ2n) is 5.78. The van der Waals surface area contributed by atoms with Crippen LogP contribution in [0.5, 0.6) is 0 Å². The second-order valence-corrected chi connectivity index (χ2v) is 6.13. The van der Waals surface area contributed by atoms with E-state index in [4.69, 9.17) is 16.0 Å². The lowest BCUT2D eigenvalue weighted by atomic mass is 10.1. The van der Waals surface area contributed by atoms with Gasteiger partial charge in [-0.05, 0) is 23.8 Å². The van der Waals surface area contributed by atoms with Crippen LogP contribution < -0.4 is 0 Å². The smallest absolute Gasteiger partial charge is 0.157 e. The Morgan fingerprint density at radius 2 is 1.72 bits per heavy atom. The Balaban J connectivity index is 1.70. The van der Waals surface area contributed by atoms with Crippen molar-refractivity contribution in [2.45, 2.75) is 0 Å². The molecule has 0 amide bonds. The summed E-state index contributed by atoms with van der Waals surface area (Å²) in [4.78, 5) is 4.47. The van der Waals surface area contributed by atoms with Gasteiger partial charge in [0.2, 0.25) is 0 Å². The predicted octanol–water partition coefficient (Wildman–Crippen LogP) is 5.46. The van der Waals surface area contributed by atoms with Gasteiger partial charge in [0.1, 0.15) is 11.3 Å². The van der Waals surface area contributed by atoms with Crippen LogP contribution in [0.1, 0.15) is 0 Å². The van der Waals surface area contributed by atoms with Gasteiger partial charge in [0.25, 0.3) is 0 Å². The van der Waals surface area contributed by atoms with Gasteiger partial charge >= 0.3 is 0 Å². The van der Waals surface area contributed by atoms with Crippen molar-refractivity contribution in [2.75, 3.05) is 0 Å². The van der Waals surface area contributed by atoms with Crippen molar-refractivity contribution in [3.63, 3.8) is 0 Å². The Morgan fingerprint density at radius 3 is 2.56 bits per heavy atom. The van der Waals surface area contributed by atoms with E-state index in [2.05, 4.69) is 10.1 Å². The number of para-hydroxylation sites is 1. The largest absolute Gasteiger partial charge is 0.454 e. The van der Waals surface area contributed by atoms with Crippen molar-refractivity contribution in [3.05, 3.63) is 78.1 Å². The van der Waals surface area contributed by atoms with Gasteiger partial charge in [0.05, 0.1) is 6.20 Å². The maximum atomic E-state index is 6.44. The predicted molar refractivity (Wildman–Crippen MR) is 98.6 cm³/mol. The van der Waals surface area contributed by atoms with Gasteiger partial charge in [-0.1, -0.05) is 60.1 Å². The molecule has 4 nitrogen and oxygen atoms in total. The summed E-state index contributed by atoms with van der Waals surface area (Å²) in [6.45, 7) is 0. The van der Waals surface area contributed by atoms with Crippen LogP contribution in [0, 0.1) is 0 Å². The molecule has 25 heavy (non-hydrogen) atoms. The standard InChI is InChI=1S/C20H12ClN3O/c21-20-15(13-6-2-1-3-7-13)11-19-22-12-16(24(19)23-20)18-10-14-8-4-5-9-17(14)25-18/h1-12H. The molecular weight excluding hydrogens is 334 g/mol. The molecule has 2 aromatic carbocycles. The van der Waals surface area contributed by atoms with Crippen LogP contribution in [0.2, 0.25) is 5.15 Å². The van der Waals surface area contributed by atoms with Crippen LogP contribution in [0.15, 0.2) is 77.3 Å². The summed E-state index contributed by atoms with van der Waals surface area (Å²) in [6, 6.07) is 21.7. The number of rotatable bonds is 2. The number of furan rings is 1. The van der Waals surface area contributed by atoms with Gasteiger partial charge in [0.15, 0.2) is 16.6 Å². The Labute approximate surface area is 148 Å². The fourth-order valence-electron chi connectivity index (χ4n) is 2.99. The monoisotopic (exact) mass is 345 g/mol. The van der Waals surface area contributed by atoms with E-state index in [1.807, 2.05) is 66.7 Å². The van der Waals surface area contributed by atoms with E-state index in [-0.39, 0.29) is 0 Å². The Hall–Kier alpha value is -3.11. The molecule has 0 aliphatic carbocycles. The minimum Gasteiger partial charge on any atom is -0.454 e. The van der Waals surface area contributed by atoms with Crippen LogP contribution >= 0.6 is 11.6 Å². The lowest BCUT2D eigenvalue weighted by Crippen LogP contribution is -1.96. The average Bonchev–Trinajstić information content (AvgIpc) is 3.24. The summed E-state index contributed by atoms with van der Waals surface area (Å²) in [6.07, 6.45) is 1.76. The number of hydrogen-bond acceptors (Lipinski definition) is 3. The summed E-state index contributed by atoms with van der Waals surface area (Å²) in [5.41, 5.74) is 4.19. The van der Waals surface area contributed by atoms with Crippen LogP contribution in [0.4, 0.5) is 0 Å². The molecule has 0 atom stereocenters. The molecule has 0 aliphatic heterocycles. The molecule has 0 bridgehead atoms. The molecule has 0 spiro atoms. The fourth-order valence-corrected chi connectivity index (χ4v) is 3.23. The highest BCUT2D eigenvalue weighted by atomic mass is 35.5. The molecule has 3 heterocycles. The average molecular weight is 346 g/mol. The molecule has 5 heteroatoms. The molecule has 120 valence electrons. The van der Waals surface area contributed by atoms with E-state index in [1.54, 1.807) is 10.7 Å². The maximum absolute atomic E-state index is 6.44. The Bertz CT molecular complexity index is 1170. The number of fused-ring (bicyclic) bond motifs is 2. The fraction of sp³-hybridized carbons (Fsp3) is 0. The normalized spacial score (nSPS) is 11.4. The third kappa shape index (κ3) is 2.30. The molecule has 0 saturated heterocycles. The van der Waals surface area contributed by atoms with E-state index >= 15 is 0 Å². The highest BCUT2D eigenvalue weighted by Crippen LogP contribution is 2.31. The molecule has 0 saturated carbocycles. The summed E-state index contributed by atoms with van der Waals surface area (Å²) in [5, 5.41) is 5.98. The van der Waals surface area contributed by atoms with E-state index in [1.165, 1.54) is 0 Å². The summed E-state index contributed by atoms with van der Waals surface area (Å²) < 4.78 is 7.65. The first kappa shape index (κ1) is 14.3. The summed E-state index contributed by atoms with van der Waals surface area (Å²) in [7, 11) is 0. The molecule has 0 radical (unpaired) electrons.